The van der Waals surface area contributed by atoms with Crippen LogP contribution in [-0.2, 0) is 20.7 Å². The fraction of sp³-hybridized carbons (Fsp3) is 0.429. The monoisotopic (exact) mass is 383 g/mol. The van der Waals surface area contributed by atoms with Gasteiger partial charge in [-0.05, 0) is 0 Å². The Morgan fingerprint density at radius 1 is 1.54 bits per heavy atom. The molecule has 1 saturated heterocycles. The predicted octanol–water partition coefficient (Wildman–Crippen LogP) is -1.22. The quantitative estimate of drug-likeness (QED) is 0.286. The van der Waals surface area contributed by atoms with Crippen LogP contribution in [0.4, 0.5) is 4.79 Å². The van der Waals surface area contributed by atoms with Crippen LogP contribution < -0.4 is 11.1 Å². The molecule has 0 bridgehead atoms. The summed E-state index contributed by atoms with van der Waals surface area (Å²) in [5.41, 5.74) is 6.54. The van der Waals surface area contributed by atoms with Crippen molar-refractivity contribution in [3.8, 4) is 0 Å². The van der Waals surface area contributed by atoms with E-state index < -0.39 is 35.3 Å². The Balaban J connectivity index is 1.63. The number of amides is 2. The SMILES string of the molecule is NC(Cc1cnc[nH]1)C(=O)NCC1=C(OC(=O)O)N2C(=O)[C@H](CO)[C@H]2S1. The maximum Gasteiger partial charge on any atom is 0.512 e. The third kappa shape index (κ3) is 3.38. The van der Waals surface area contributed by atoms with Gasteiger partial charge in [0.25, 0.3) is 0 Å². The predicted molar refractivity (Wildman–Crippen MR) is 88.2 cm³/mol. The number of aromatic amines is 1. The maximum atomic E-state index is 12.1. The van der Waals surface area contributed by atoms with Gasteiger partial charge in [0, 0.05) is 18.3 Å². The summed E-state index contributed by atoms with van der Waals surface area (Å²) in [7, 11) is 0. The van der Waals surface area contributed by atoms with E-state index in [0.717, 1.165) is 0 Å². The Kier molecular flexibility index (Phi) is 5.15. The number of fused-ring (bicyclic) bond motifs is 1. The van der Waals surface area contributed by atoms with Crippen molar-refractivity contribution in [3.05, 3.63) is 29.0 Å². The van der Waals surface area contributed by atoms with E-state index >= 15 is 0 Å². The molecule has 0 radical (unpaired) electrons. The summed E-state index contributed by atoms with van der Waals surface area (Å²) in [5.74, 6) is -1.62. The van der Waals surface area contributed by atoms with Crippen molar-refractivity contribution in [1.82, 2.24) is 20.2 Å². The fourth-order valence-electron chi connectivity index (χ4n) is 2.70. The molecule has 2 aliphatic heterocycles. The molecule has 11 nitrogen and oxygen atoms in total. The van der Waals surface area contributed by atoms with E-state index in [9.17, 15) is 19.5 Å². The number of carboxylic acid groups (broad SMARTS) is 1. The number of H-pyrrole nitrogens is 1. The van der Waals surface area contributed by atoms with Crippen LogP contribution in [-0.4, -0.2) is 67.6 Å². The Morgan fingerprint density at radius 3 is 2.92 bits per heavy atom. The highest BCUT2D eigenvalue weighted by Gasteiger charge is 2.55. The Labute approximate surface area is 151 Å². The lowest BCUT2D eigenvalue weighted by atomic mass is 10.00. The number of ether oxygens (including phenoxy) is 1. The number of hydrogen-bond acceptors (Lipinski definition) is 8. The molecule has 140 valence electrons. The molecule has 0 spiro atoms. The van der Waals surface area contributed by atoms with E-state index in [1.54, 1.807) is 6.20 Å². The smallest absolute Gasteiger partial charge is 0.449 e. The van der Waals surface area contributed by atoms with Crippen LogP contribution in [0.2, 0.25) is 0 Å². The fourth-order valence-corrected chi connectivity index (χ4v) is 4.06. The minimum Gasteiger partial charge on any atom is -0.449 e. The largest absolute Gasteiger partial charge is 0.512 e. The second-order valence-electron chi connectivity index (χ2n) is 5.71. The van der Waals surface area contributed by atoms with E-state index in [2.05, 4.69) is 15.3 Å². The summed E-state index contributed by atoms with van der Waals surface area (Å²) in [5, 5.41) is 20.3. The van der Waals surface area contributed by atoms with Gasteiger partial charge in [0.1, 0.15) is 5.37 Å². The topological polar surface area (TPSA) is 171 Å². The lowest BCUT2D eigenvalue weighted by Gasteiger charge is -2.40. The number of carbonyl (C=O) groups excluding carboxylic acids is 2. The van der Waals surface area contributed by atoms with Gasteiger partial charge >= 0.3 is 6.16 Å². The molecule has 3 heterocycles. The highest BCUT2D eigenvalue weighted by Crippen LogP contribution is 2.49. The number of rotatable bonds is 7. The van der Waals surface area contributed by atoms with E-state index in [-0.39, 0.29) is 25.5 Å². The van der Waals surface area contributed by atoms with Crippen molar-refractivity contribution in [2.75, 3.05) is 13.2 Å². The Bertz CT molecular complexity index is 751. The van der Waals surface area contributed by atoms with Gasteiger partial charge < -0.3 is 31.0 Å². The number of nitrogens with zero attached hydrogens (tertiary/aromatic N) is 2. The average Bonchev–Trinajstić information content (AvgIpc) is 3.19. The van der Waals surface area contributed by atoms with E-state index in [1.807, 2.05) is 0 Å². The van der Waals surface area contributed by atoms with Crippen LogP contribution in [0.1, 0.15) is 5.69 Å². The zero-order valence-corrected chi connectivity index (χ0v) is 14.2. The molecule has 3 rings (SSSR count). The number of imidazole rings is 1. The highest BCUT2D eigenvalue weighted by atomic mass is 32.2. The summed E-state index contributed by atoms with van der Waals surface area (Å²) >= 11 is 1.17. The molecule has 2 aliphatic rings. The number of β-lactam (4-membered cyclic amide) rings is 1. The number of nitrogens with two attached hydrogens (primary N) is 1. The summed E-state index contributed by atoms with van der Waals surface area (Å²) < 4.78 is 4.70. The van der Waals surface area contributed by atoms with Crippen molar-refractivity contribution in [2.45, 2.75) is 17.8 Å². The number of aliphatic hydroxyl groups is 1. The van der Waals surface area contributed by atoms with Gasteiger partial charge in [-0.3, -0.25) is 14.5 Å². The zero-order valence-electron chi connectivity index (χ0n) is 13.4. The third-order valence-electron chi connectivity index (χ3n) is 4.01. The summed E-state index contributed by atoms with van der Waals surface area (Å²) in [6.07, 6.45) is 1.73. The number of nitrogens with one attached hydrogen (secondary N) is 2. The molecular formula is C14H17N5O6S. The number of thioether (sulfide) groups is 1. The summed E-state index contributed by atoms with van der Waals surface area (Å²) in [4.78, 5) is 43.2. The van der Waals surface area contributed by atoms with Gasteiger partial charge in [0.05, 0.1) is 36.3 Å². The molecular weight excluding hydrogens is 366 g/mol. The molecule has 12 heteroatoms. The lowest BCUT2D eigenvalue weighted by molar-refractivity contribution is -0.151. The number of aromatic nitrogens is 2. The zero-order chi connectivity index (χ0) is 18.8. The third-order valence-corrected chi connectivity index (χ3v) is 5.39. The number of carbonyl (C=O) groups is 3. The van der Waals surface area contributed by atoms with Crippen molar-refractivity contribution in [1.29, 1.82) is 0 Å². The first kappa shape index (κ1) is 18.2. The number of aliphatic hydroxyl groups excluding tert-OH is 1. The molecule has 1 aromatic heterocycles. The molecule has 1 unspecified atom stereocenters. The van der Waals surface area contributed by atoms with Gasteiger partial charge in [0.15, 0.2) is 0 Å². The Morgan fingerprint density at radius 2 is 2.31 bits per heavy atom. The molecule has 26 heavy (non-hydrogen) atoms. The van der Waals surface area contributed by atoms with Crippen molar-refractivity contribution < 1.29 is 29.3 Å². The van der Waals surface area contributed by atoms with Crippen LogP contribution in [0.5, 0.6) is 0 Å². The molecule has 3 atom stereocenters. The van der Waals surface area contributed by atoms with E-state index in [1.165, 1.54) is 23.0 Å². The van der Waals surface area contributed by atoms with Crippen LogP contribution in [0.25, 0.3) is 0 Å². The first-order valence-electron chi connectivity index (χ1n) is 7.67. The van der Waals surface area contributed by atoms with E-state index in [0.29, 0.717) is 10.6 Å². The van der Waals surface area contributed by atoms with Gasteiger partial charge in [-0.2, -0.15) is 0 Å². The maximum absolute atomic E-state index is 12.1. The van der Waals surface area contributed by atoms with E-state index in [4.69, 9.17) is 15.6 Å². The second-order valence-corrected chi connectivity index (χ2v) is 6.92. The van der Waals surface area contributed by atoms with Crippen molar-refractivity contribution >= 4 is 29.7 Å². The van der Waals surface area contributed by atoms with Crippen LogP contribution in [0, 0.1) is 5.92 Å². The van der Waals surface area contributed by atoms with Gasteiger partial charge in [0.2, 0.25) is 17.7 Å². The highest BCUT2D eigenvalue weighted by molar-refractivity contribution is 8.04. The van der Waals surface area contributed by atoms with Crippen molar-refractivity contribution in [2.24, 2.45) is 11.7 Å². The molecule has 0 aliphatic carbocycles. The Hall–Kier alpha value is -2.57. The van der Waals surface area contributed by atoms with Crippen LogP contribution >= 0.6 is 11.8 Å². The lowest BCUT2D eigenvalue weighted by Crippen LogP contribution is -2.58. The molecule has 2 amide bonds. The minimum absolute atomic E-state index is 0.0405. The van der Waals surface area contributed by atoms with Gasteiger partial charge in [-0.1, -0.05) is 11.8 Å². The molecule has 1 aromatic rings. The molecule has 6 N–H and O–H groups in total. The molecule has 1 fully saturated rings. The first-order valence-corrected chi connectivity index (χ1v) is 8.55. The van der Waals surface area contributed by atoms with Crippen LogP contribution in [0.15, 0.2) is 23.3 Å². The summed E-state index contributed by atoms with van der Waals surface area (Å²) in [6.45, 7) is -0.386. The normalized spacial score (nSPS) is 22.7. The van der Waals surface area contributed by atoms with Gasteiger partial charge in [-0.25, -0.2) is 9.78 Å². The standard InChI is InChI=1S/C14H17N5O6S/c15-8(1-6-2-16-5-18-6)10(21)17-3-9-12(25-14(23)24)19-11(22)7(4-20)13(19)26-9/h2,5,7-8,13,20H,1,3-4,15H2,(H,16,18)(H,17,21)(H,23,24)/t7-,8?,13+/m0/s1. The summed E-state index contributed by atoms with van der Waals surface area (Å²) in [6, 6.07) is -0.824. The molecule has 0 saturated carbocycles. The van der Waals surface area contributed by atoms with Gasteiger partial charge in [-0.15, -0.1) is 0 Å². The average molecular weight is 383 g/mol. The van der Waals surface area contributed by atoms with Crippen molar-refractivity contribution in [3.63, 3.8) is 0 Å². The number of hydrogen-bond donors (Lipinski definition) is 5. The second kappa shape index (κ2) is 7.35. The van der Waals surface area contributed by atoms with Crippen LogP contribution in [0.3, 0.4) is 0 Å². The molecule has 0 aromatic carbocycles. The minimum atomic E-state index is -1.57. The first-order chi connectivity index (χ1) is 12.4.